The predicted molar refractivity (Wildman–Crippen MR) is 75.2 cm³/mol. The number of nitrogens with zero attached hydrogens (tertiary/aromatic N) is 3. The third-order valence-corrected chi connectivity index (χ3v) is 3.62. The van der Waals surface area contributed by atoms with Gasteiger partial charge in [-0.1, -0.05) is 12.1 Å². The van der Waals surface area contributed by atoms with Crippen molar-refractivity contribution in [2.75, 3.05) is 23.7 Å². The molecule has 3 heterocycles. The first-order valence-electron chi connectivity index (χ1n) is 6.52. The first kappa shape index (κ1) is 10.6. The van der Waals surface area contributed by atoms with Crippen molar-refractivity contribution in [1.82, 2.24) is 9.97 Å². The van der Waals surface area contributed by atoms with Crippen molar-refractivity contribution in [2.24, 2.45) is 0 Å². The fourth-order valence-corrected chi connectivity index (χ4v) is 2.74. The summed E-state index contributed by atoms with van der Waals surface area (Å²) in [5.74, 6) is 1.14. The number of aromatic nitrogens is 2. The number of para-hydroxylation sites is 1. The van der Waals surface area contributed by atoms with Crippen molar-refractivity contribution in [2.45, 2.75) is 12.8 Å². The number of benzene rings is 1. The standard InChI is InChI=1S/C14H14N4O/c15-14-16-11-9-5-1-2-6-10(9)19-12(11)13(17-14)18-7-3-4-8-18/h1-2,5-6H,3-4,7-8H2,(H2,15,16,17). The normalized spacial score (nSPS) is 15.7. The second-order valence-corrected chi connectivity index (χ2v) is 4.88. The topological polar surface area (TPSA) is 68.2 Å². The maximum atomic E-state index is 5.93. The van der Waals surface area contributed by atoms with Crippen LogP contribution in [-0.2, 0) is 0 Å². The van der Waals surface area contributed by atoms with E-state index in [-0.39, 0.29) is 0 Å². The first-order valence-corrected chi connectivity index (χ1v) is 6.52. The van der Waals surface area contributed by atoms with Crippen LogP contribution < -0.4 is 10.6 Å². The fraction of sp³-hybridized carbons (Fsp3) is 0.286. The molecule has 0 spiro atoms. The van der Waals surface area contributed by atoms with Crippen LogP contribution in [0.1, 0.15) is 12.8 Å². The molecule has 0 bridgehead atoms. The van der Waals surface area contributed by atoms with Crippen LogP contribution in [0.4, 0.5) is 11.8 Å². The summed E-state index contributed by atoms with van der Waals surface area (Å²) in [7, 11) is 0. The van der Waals surface area contributed by atoms with Gasteiger partial charge in [-0.05, 0) is 25.0 Å². The first-order chi connectivity index (χ1) is 9.33. The maximum Gasteiger partial charge on any atom is 0.222 e. The molecule has 0 saturated carbocycles. The molecule has 0 aliphatic carbocycles. The Morgan fingerprint density at radius 2 is 1.89 bits per heavy atom. The Morgan fingerprint density at radius 1 is 1.11 bits per heavy atom. The lowest BCUT2D eigenvalue weighted by Crippen LogP contribution is -2.19. The Morgan fingerprint density at radius 3 is 2.74 bits per heavy atom. The molecule has 1 saturated heterocycles. The molecule has 1 aliphatic rings. The van der Waals surface area contributed by atoms with Gasteiger partial charge >= 0.3 is 0 Å². The van der Waals surface area contributed by atoms with Gasteiger partial charge in [0.25, 0.3) is 0 Å². The van der Waals surface area contributed by atoms with E-state index in [1.54, 1.807) is 0 Å². The number of nitrogen functional groups attached to an aromatic ring is 1. The highest BCUT2D eigenvalue weighted by Crippen LogP contribution is 2.34. The van der Waals surface area contributed by atoms with E-state index in [9.17, 15) is 0 Å². The third kappa shape index (κ3) is 1.54. The van der Waals surface area contributed by atoms with Gasteiger partial charge in [-0.25, -0.2) is 4.98 Å². The molecule has 2 aromatic heterocycles. The van der Waals surface area contributed by atoms with Crippen LogP contribution in [0.15, 0.2) is 28.7 Å². The van der Waals surface area contributed by atoms with E-state index in [0.717, 1.165) is 41.0 Å². The summed E-state index contributed by atoms with van der Waals surface area (Å²) in [6.07, 6.45) is 2.37. The highest BCUT2D eigenvalue weighted by Gasteiger charge is 2.21. The largest absolute Gasteiger partial charge is 0.450 e. The van der Waals surface area contributed by atoms with Crippen LogP contribution >= 0.6 is 0 Å². The molecule has 96 valence electrons. The molecule has 4 rings (SSSR count). The third-order valence-electron chi connectivity index (χ3n) is 3.62. The number of hydrogen-bond acceptors (Lipinski definition) is 5. The molecule has 0 atom stereocenters. The highest BCUT2D eigenvalue weighted by atomic mass is 16.3. The number of rotatable bonds is 1. The Bertz CT molecular complexity index is 759. The monoisotopic (exact) mass is 254 g/mol. The van der Waals surface area contributed by atoms with Crippen molar-refractivity contribution in [3.63, 3.8) is 0 Å². The number of nitrogens with two attached hydrogens (primary N) is 1. The van der Waals surface area contributed by atoms with Crippen LogP contribution in [0.5, 0.6) is 0 Å². The lowest BCUT2D eigenvalue weighted by Gasteiger charge is -2.16. The zero-order chi connectivity index (χ0) is 12.8. The lowest BCUT2D eigenvalue weighted by molar-refractivity contribution is 0.663. The Labute approximate surface area is 110 Å². The number of anilines is 2. The highest BCUT2D eigenvalue weighted by molar-refractivity contribution is 6.06. The van der Waals surface area contributed by atoms with Crippen LogP contribution in [0.2, 0.25) is 0 Å². The lowest BCUT2D eigenvalue weighted by atomic mass is 10.2. The number of fused-ring (bicyclic) bond motifs is 3. The summed E-state index contributed by atoms with van der Waals surface area (Å²) in [5, 5.41) is 0.993. The smallest absolute Gasteiger partial charge is 0.222 e. The van der Waals surface area contributed by atoms with Gasteiger partial charge in [-0.2, -0.15) is 4.98 Å². The molecular formula is C14H14N4O. The molecule has 2 N–H and O–H groups in total. The summed E-state index contributed by atoms with van der Waals surface area (Å²) < 4.78 is 5.93. The molecule has 0 radical (unpaired) electrons. The van der Waals surface area contributed by atoms with Crippen LogP contribution in [0.25, 0.3) is 22.1 Å². The van der Waals surface area contributed by atoms with E-state index < -0.39 is 0 Å². The van der Waals surface area contributed by atoms with Gasteiger partial charge in [0.15, 0.2) is 11.4 Å². The second-order valence-electron chi connectivity index (χ2n) is 4.88. The average molecular weight is 254 g/mol. The molecule has 3 aromatic rings. The van der Waals surface area contributed by atoms with Gasteiger partial charge < -0.3 is 15.1 Å². The van der Waals surface area contributed by atoms with Crippen molar-refractivity contribution in [3.05, 3.63) is 24.3 Å². The summed E-state index contributed by atoms with van der Waals surface area (Å²) >= 11 is 0. The quantitative estimate of drug-likeness (QED) is 0.722. The van der Waals surface area contributed by atoms with E-state index in [0.29, 0.717) is 5.95 Å². The zero-order valence-electron chi connectivity index (χ0n) is 10.5. The predicted octanol–water partition coefficient (Wildman–Crippen LogP) is 2.56. The molecule has 19 heavy (non-hydrogen) atoms. The molecule has 0 amide bonds. The van der Waals surface area contributed by atoms with E-state index in [4.69, 9.17) is 10.2 Å². The number of hydrogen-bond donors (Lipinski definition) is 1. The van der Waals surface area contributed by atoms with E-state index in [1.165, 1.54) is 12.8 Å². The molecule has 0 unspecified atom stereocenters. The van der Waals surface area contributed by atoms with Crippen LogP contribution in [-0.4, -0.2) is 23.1 Å². The SMILES string of the molecule is Nc1nc(N2CCCC2)c2oc3ccccc3c2n1. The average Bonchev–Trinajstić information content (AvgIpc) is 3.05. The van der Waals surface area contributed by atoms with Crippen molar-refractivity contribution in [1.29, 1.82) is 0 Å². The molecule has 1 fully saturated rings. The summed E-state index contributed by atoms with van der Waals surface area (Å²) in [6, 6.07) is 7.88. The molecule has 5 heteroatoms. The maximum absolute atomic E-state index is 5.93. The van der Waals surface area contributed by atoms with Crippen molar-refractivity contribution < 1.29 is 4.42 Å². The minimum absolute atomic E-state index is 0.306. The van der Waals surface area contributed by atoms with Gasteiger partial charge in [0.05, 0.1) is 0 Å². The van der Waals surface area contributed by atoms with Gasteiger partial charge in [0.2, 0.25) is 5.95 Å². The Balaban J connectivity index is 2.06. The van der Waals surface area contributed by atoms with Gasteiger partial charge in [-0.3, -0.25) is 0 Å². The molecule has 5 nitrogen and oxygen atoms in total. The summed E-state index contributed by atoms with van der Waals surface area (Å²) in [6.45, 7) is 2.01. The minimum Gasteiger partial charge on any atom is -0.450 e. The van der Waals surface area contributed by atoms with E-state index in [2.05, 4.69) is 14.9 Å². The fourth-order valence-electron chi connectivity index (χ4n) is 2.74. The van der Waals surface area contributed by atoms with Crippen LogP contribution in [0.3, 0.4) is 0 Å². The van der Waals surface area contributed by atoms with Gasteiger partial charge in [0.1, 0.15) is 11.1 Å². The number of furan rings is 1. The summed E-state index contributed by atoms with van der Waals surface area (Å²) in [5.41, 5.74) is 8.24. The zero-order valence-corrected chi connectivity index (χ0v) is 10.5. The Hall–Kier alpha value is -2.30. The van der Waals surface area contributed by atoms with Crippen molar-refractivity contribution in [3.8, 4) is 0 Å². The van der Waals surface area contributed by atoms with Crippen molar-refractivity contribution >= 4 is 33.8 Å². The molecular weight excluding hydrogens is 240 g/mol. The second kappa shape index (κ2) is 3.85. The van der Waals surface area contributed by atoms with E-state index >= 15 is 0 Å². The van der Waals surface area contributed by atoms with Gasteiger partial charge in [0, 0.05) is 18.5 Å². The van der Waals surface area contributed by atoms with E-state index in [1.807, 2.05) is 24.3 Å². The Kier molecular flexibility index (Phi) is 2.15. The van der Waals surface area contributed by atoms with Crippen LogP contribution in [0, 0.1) is 0 Å². The minimum atomic E-state index is 0.306. The molecule has 1 aromatic carbocycles. The van der Waals surface area contributed by atoms with Gasteiger partial charge in [-0.15, -0.1) is 0 Å². The summed E-state index contributed by atoms with van der Waals surface area (Å²) in [4.78, 5) is 10.9. The molecule has 1 aliphatic heterocycles.